The average Bonchev–Trinajstić information content (AvgIpc) is 3.18. The number of hydrogen-bond donors (Lipinski definition) is 2. The quantitative estimate of drug-likeness (QED) is 0.205. The fourth-order valence-corrected chi connectivity index (χ4v) is 7.09. The predicted octanol–water partition coefficient (Wildman–Crippen LogP) is 9.05. The Morgan fingerprint density at radius 3 is 2.04 bits per heavy atom. The molecule has 1 heterocycles. The van der Waals surface area contributed by atoms with Crippen molar-refractivity contribution in [3.05, 3.63) is 69.2 Å². The number of carbonyl (C=O) groups is 2. The molecule has 0 saturated carbocycles. The van der Waals surface area contributed by atoms with E-state index in [2.05, 4.69) is 39.9 Å². The lowest BCUT2D eigenvalue weighted by molar-refractivity contribution is -0.192. The van der Waals surface area contributed by atoms with Crippen LogP contribution in [-0.2, 0) is 19.4 Å². The highest BCUT2D eigenvalue weighted by Gasteiger charge is 2.65. The van der Waals surface area contributed by atoms with Gasteiger partial charge in [-0.25, -0.2) is 13.6 Å². The van der Waals surface area contributed by atoms with E-state index >= 15 is 8.78 Å². The standard InChI is InChI=1S/C31H40Cl2F2N2O3Si.C2HF3O2/c1-29(2,3)17-24-31(18-36,21-13-12-19(32)16-23(21)34)25(20-10-9-11-22(33)26(20)35)27(28(38)39)37(24)14-15-40-41(7,8)30(4,5)6;3-2(4,5)1(6)7/h9-13,16,24-25,27H,14-15,17H2,1-8H3,(H,38,39);(H,6,7)/t24-,25-,27+,31-;/m0./s1. The summed E-state index contributed by atoms with van der Waals surface area (Å²) in [5.74, 6) is -6.87. The minimum Gasteiger partial charge on any atom is -0.480 e. The van der Waals surface area contributed by atoms with Crippen molar-refractivity contribution >= 4 is 43.5 Å². The van der Waals surface area contributed by atoms with Crippen LogP contribution >= 0.6 is 23.2 Å². The lowest BCUT2D eigenvalue weighted by Crippen LogP contribution is -2.49. The first-order valence-corrected chi connectivity index (χ1v) is 18.6. The number of nitriles is 1. The molecule has 1 aliphatic rings. The predicted molar refractivity (Wildman–Crippen MR) is 176 cm³/mol. The largest absolute Gasteiger partial charge is 0.490 e. The Balaban J connectivity index is 0.00000103. The fraction of sp³-hybridized carbons (Fsp3) is 0.545. The number of halogens is 7. The van der Waals surface area contributed by atoms with E-state index in [9.17, 15) is 28.3 Å². The molecule has 7 nitrogen and oxygen atoms in total. The van der Waals surface area contributed by atoms with E-state index in [1.165, 1.54) is 30.3 Å². The van der Waals surface area contributed by atoms with Gasteiger partial charge in [0.05, 0.1) is 11.1 Å². The summed E-state index contributed by atoms with van der Waals surface area (Å²) in [6, 6.07) is 8.47. The molecule has 0 aliphatic carbocycles. The van der Waals surface area contributed by atoms with E-state index in [0.717, 1.165) is 6.07 Å². The van der Waals surface area contributed by atoms with Crippen molar-refractivity contribution in [2.24, 2.45) is 5.41 Å². The first-order valence-electron chi connectivity index (χ1n) is 15.0. The van der Waals surface area contributed by atoms with Crippen LogP contribution in [0.4, 0.5) is 22.0 Å². The molecule has 3 rings (SSSR count). The van der Waals surface area contributed by atoms with Gasteiger partial charge in [-0.3, -0.25) is 9.69 Å². The van der Waals surface area contributed by atoms with Gasteiger partial charge in [0.2, 0.25) is 0 Å². The molecule has 0 unspecified atom stereocenters. The van der Waals surface area contributed by atoms with Crippen molar-refractivity contribution in [1.29, 1.82) is 5.26 Å². The van der Waals surface area contributed by atoms with E-state index < -0.39 is 66.9 Å². The zero-order valence-corrected chi connectivity index (χ0v) is 30.5. The molecule has 1 fully saturated rings. The molecule has 15 heteroatoms. The monoisotopic (exact) mass is 738 g/mol. The minimum atomic E-state index is -5.08. The molecule has 2 aromatic rings. The molecule has 1 saturated heterocycles. The van der Waals surface area contributed by atoms with Crippen LogP contribution < -0.4 is 0 Å². The van der Waals surface area contributed by atoms with E-state index in [4.69, 9.17) is 37.5 Å². The van der Waals surface area contributed by atoms with Gasteiger partial charge in [0.1, 0.15) is 23.1 Å². The van der Waals surface area contributed by atoms with E-state index in [1.807, 2.05) is 20.8 Å². The van der Waals surface area contributed by atoms with Gasteiger partial charge in [0.15, 0.2) is 8.32 Å². The highest BCUT2D eigenvalue weighted by atomic mass is 35.5. The zero-order valence-electron chi connectivity index (χ0n) is 28.0. The van der Waals surface area contributed by atoms with E-state index in [1.54, 1.807) is 4.90 Å². The second-order valence-electron chi connectivity index (χ2n) is 14.4. The summed E-state index contributed by atoms with van der Waals surface area (Å²) >= 11 is 12.3. The van der Waals surface area contributed by atoms with Gasteiger partial charge in [-0.05, 0) is 53.7 Å². The molecular weight excluding hydrogens is 698 g/mol. The molecule has 0 amide bonds. The third-order valence-corrected chi connectivity index (χ3v) is 14.0. The molecule has 266 valence electrons. The van der Waals surface area contributed by atoms with Crippen LogP contribution in [0.25, 0.3) is 0 Å². The zero-order chi connectivity index (χ0) is 37.2. The summed E-state index contributed by atoms with van der Waals surface area (Å²) in [6.45, 7) is 16.8. The summed E-state index contributed by atoms with van der Waals surface area (Å²) in [5, 5.41) is 28.7. The number of carboxylic acids is 2. The minimum absolute atomic E-state index is 0.0258. The lowest BCUT2D eigenvalue weighted by Gasteiger charge is -2.40. The Labute approximate surface area is 288 Å². The highest BCUT2D eigenvalue weighted by molar-refractivity contribution is 6.74. The Morgan fingerprint density at radius 2 is 1.60 bits per heavy atom. The van der Waals surface area contributed by atoms with E-state index in [-0.39, 0.29) is 39.4 Å². The van der Waals surface area contributed by atoms with Gasteiger partial charge in [-0.1, -0.05) is 82.9 Å². The van der Waals surface area contributed by atoms with Crippen LogP contribution in [0.3, 0.4) is 0 Å². The maximum atomic E-state index is 15.9. The second-order valence-corrected chi connectivity index (χ2v) is 20.1. The maximum Gasteiger partial charge on any atom is 0.490 e. The summed E-state index contributed by atoms with van der Waals surface area (Å²) in [5.41, 5.74) is -2.28. The number of alkyl halides is 3. The molecule has 0 bridgehead atoms. The summed E-state index contributed by atoms with van der Waals surface area (Å²) in [4.78, 5) is 23.8. The molecule has 2 N–H and O–H groups in total. The third kappa shape index (κ3) is 9.07. The van der Waals surface area contributed by atoms with Crippen molar-refractivity contribution in [2.45, 2.75) is 95.7 Å². The fourth-order valence-electron chi connectivity index (χ4n) is 5.72. The van der Waals surface area contributed by atoms with Crippen LogP contribution in [0.2, 0.25) is 28.2 Å². The molecule has 4 atom stereocenters. The lowest BCUT2D eigenvalue weighted by atomic mass is 9.62. The number of rotatable bonds is 8. The number of hydrogen-bond acceptors (Lipinski definition) is 5. The Hall–Kier alpha value is -2.76. The molecule has 0 radical (unpaired) electrons. The molecule has 2 aromatic carbocycles. The third-order valence-electron chi connectivity index (χ3n) is 8.89. The van der Waals surface area contributed by atoms with Crippen LogP contribution in [0.5, 0.6) is 0 Å². The Kier molecular flexibility index (Phi) is 12.9. The van der Waals surface area contributed by atoms with Gasteiger partial charge < -0.3 is 14.6 Å². The van der Waals surface area contributed by atoms with Crippen LogP contribution in [0.15, 0.2) is 36.4 Å². The average molecular weight is 740 g/mol. The second kappa shape index (κ2) is 15.0. The summed E-state index contributed by atoms with van der Waals surface area (Å²) in [7, 11) is -2.21. The normalized spacial score (nSPS) is 22.1. The topological polar surface area (TPSA) is 111 Å². The maximum absolute atomic E-state index is 15.9. The van der Waals surface area contributed by atoms with Crippen molar-refractivity contribution < 1.29 is 46.2 Å². The number of nitrogens with zero attached hydrogens (tertiary/aromatic N) is 2. The van der Waals surface area contributed by atoms with Crippen molar-refractivity contribution in [1.82, 2.24) is 4.90 Å². The molecule has 0 aromatic heterocycles. The molecule has 1 aliphatic heterocycles. The van der Waals surface area contributed by atoms with Crippen LogP contribution in [-0.4, -0.2) is 66.8 Å². The Morgan fingerprint density at radius 1 is 1.04 bits per heavy atom. The van der Waals surface area contributed by atoms with Gasteiger partial charge in [-0.2, -0.15) is 18.4 Å². The van der Waals surface area contributed by atoms with Gasteiger partial charge in [0, 0.05) is 35.7 Å². The number of carboxylic acid groups (broad SMARTS) is 2. The Bertz CT molecular complexity index is 1540. The highest BCUT2D eigenvalue weighted by Crippen LogP contribution is 2.56. The summed E-state index contributed by atoms with van der Waals surface area (Å²) in [6.07, 6.45) is -4.76. The first kappa shape index (κ1) is 41.4. The van der Waals surface area contributed by atoms with E-state index in [0.29, 0.717) is 6.42 Å². The van der Waals surface area contributed by atoms with Crippen LogP contribution in [0, 0.1) is 28.4 Å². The van der Waals surface area contributed by atoms with Gasteiger partial charge in [-0.15, -0.1) is 0 Å². The molecule has 48 heavy (non-hydrogen) atoms. The van der Waals surface area contributed by atoms with Gasteiger partial charge >= 0.3 is 18.1 Å². The van der Waals surface area contributed by atoms with Crippen molar-refractivity contribution in [2.75, 3.05) is 13.2 Å². The number of aliphatic carboxylic acids is 2. The molecule has 0 spiro atoms. The summed E-state index contributed by atoms with van der Waals surface area (Å²) < 4.78 is 69.8. The molecular formula is C33H41Cl2F5N2O5Si. The number of benzene rings is 2. The first-order chi connectivity index (χ1) is 21.7. The smallest absolute Gasteiger partial charge is 0.480 e. The van der Waals surface area contributed by atoms with Crippen LogP contribution in [0.1, 0.15) is 65.0 Å². The number of likely N-dealkylation sites (tertiary alicyclic amines) is 1. The SMILES string of the molecule is CC(C)(C)C[C@@H]1N(CCO[Si](C)(C)C(C)(C)C)[C@@H](C(=O)O)[C@H](c2cccc(Cl)c2F)[C@@]1(C#N)c1ccc(Cl)cc1F.O=C(O)C(F)(F)F. The van der Waals surface area contributed by atoms with Gasteiger partial charge in [0.25, 0.3) is 0 Å². The van der Waals surface area contributed by atoms with Crippen molar-refractivity contribution in [3.63, 3.8) is 0 Å². The van der Waals surface area contributed by atoms with Crippen molar-refractivity contribution in [3.8, 4) is 6.07 Å².